The Bertz CT molecular complexity index is 361. The molecule has 0 saturated carbocycles. The lowest BCUT2D eigenvalue weighted by Gasteiger charge is -2.30. The van der Waals surface area contributed by atoms with Crippen LogP contribution in [0.2, 0.25) is 0 Å². The van der Waals surface area contributed by atoms with Gasteiger partial charge in [0.25, 0.3) is 0 Å². The molecule has 0 unspecified atom stereocenters. The van der Waals surface area contributed by atoms with Gasteiger partial charge >= 0.3 is 0 Å². The largest absolute Gasteiger partial charge is 0.381 e. The summed E-state index contributed by atoms with van der Waals surface area (Å²) in [5, 5.41) is 6.77. The molecule has 6 heteroatoms. The van der Waals surface area contributed by atoms with Gasteiger partial charge in [0, 0.05) is 65.2 Å². The molecule has 2 N–H and O–H groups in total. The summed E-state index contributed by atoms with van der Waals surface area (Å²) in [5.74, 6) is 1.57. The average Bonchev–Trinajstić information content (AvgIpc) is 2.62. The summed E-state index contributed by atoms with van der Waals surface area (Å²) in [4.78, 5) is 6.81. The maximum atomic E-state index is 5.80. The Morgan fingerprint density at radius 1 is 1.08 bits per heavy atom. The number of nitrogens with zero attached hydrogens (tertiary/aromatic N) is 2. The van der Waals surface area contributed by atoms with Crippen LogP contribution in [0, 0.1) is 5.92 Å². The van der Waals surface area contributed by atoms with E-state index in [4.69, 9.17) is 9.47 Å². The summed E-state index contributed by atoms with van der Waals surface area (Å²) < 4.78 is 11.2. The smallest absolute Gasteiger partial charge is 0.190 e. The highest BCUT2D eigenvalue weighted by atomic mass is 16.5. The van der Waals surface area contributed by atoms with E-state index in [1.807, 2.05) is 7.05 Å². The molecule has 1 fully saturated rings. The van der Waals surface area contributed by atoms with Gasteiger partial charge in [0.05, 0.1) is 0 Å². The van der Waals surface area contributed by atoms with Crippen molar-refractivity contribution in [2.24, 2.45) is 10.9 Å². The van der Waals surface area contributed by atoms with Crippen molar-refractivity contribution in [1.29, 1.82) is 0 Å². The summed E-state index contributed by atoms with van der Waals surface area (Å²) in [6.45, 7) is 15.4. The number of ether oxygens (including phenoxy) is 2. The van der Waals surface area contributed by atoms with Crippen molar-refractivity contribution >= 4 is 5.96 Å². The van der Waals surface area contributed by atoms with Crippen molar-refractivity contribution in [1.82, 2.24) is 15.5 Å². The zero-order chi connectivity index (χ0) is 19.2. The molecule has 26 heavy (non-hydrogen) atoms. The molecule has 0 aliphatic carbocycles. The third-order valence-electron chi connectivity index (χ3n) is 4.89. The van der Waals surface area contributed by atoms with E-state index in [1.165, 1.54) is 0 Å². The molecule has 0 radical (unpaired) electrons. The first-order valence-corrected chi connectivity index (χ1v) is 10.4. The highest BCUT2D eigenvalue weighted by Crippen LogP contribution is 2.14. The molecule has 0 aromatic heterocycles. The van der Waals surface area contributed by atoms with E-state index in [9.17, 15) is 0 Å². The summed E-state index contributed by atoms with van der Waals surface area (Å²) in [7, 11) is 1.82. The van der Waals surface area contributed by atoms with Gasteiger partial charge in [-0.2, -0.15) is 0 Å². The highest BCUT2D eigenvalue weighted by molar-refractivity contribution is 5.79. The second-order valence-corrected chi connectivity index (χ2v) is 7.69. The van der Waals surface area contributed by atoms with Crippen LogP contribution in [-0.4, -0.2) is 76.1 Å². The Kier molecular flexibility index (Phi) is 12.7. The number of guanidine groups is 1. The minimum atomic E-state index is 0.591. The molecule has 6 nitrogen and oxygen atoms in total. The maximum Gasteiger partial charge on any atom is 0.190 e. The summed E-state index contributed by atoms with van der Waals surface area (Å²) >= 11 is 0. The fourth-order valence-electron chi connectivity index (χ4n) is 3.35. The molecule has 1 rings (SSSR count). The second kappa shape index (κ2) is 14.2. The predicted octanol–water partition coefficient (Wildman–Crippen LogP) is 2.49. The molecule has 0 aromatic carbocycles. The van der Waals surface area contributed by atoms with Crippen LogP contribution < -0.4 is 10.6 Å². The van der Waals surface area contributed by atoms with Crippen LogP contribution in [-0.2, 0) is 9.47 Å². The summed E-state index contributed by atoms with van der Waals surface area (Å²) in [5.41, 5.74) is 0. The summed E-state index contributed by atoms with van der Waals surface area (Å²) in [6.07, 6.45) is 4.39. The maximum absolute atomic E-state index is 5.80. The van der Waals surface area contributed by atoms with Crippen LogP contribution in [0.5, 0.6) is 0 Å². The van der Waals surface area contributed by atoms with Gasteiger partial charge in [0.1, 0.15) is 0 Å². The van der Waals surface area contributed by atoms with Crippen molar-refractivity contribution in [2.75, 3.05) is 53.1 Å². The van der Waals surface area contributed by atoms with Crippen molar-refractivity contribution in [2.45, 2.75) is 65.5 Å². The Morgan fingerprint density at radius 2 is 1.69 bits per heavy atom. The van der Waals surface area contributed by atoms with E-state index in [0.717, 1.165) is 77.7 Å². The van der Waals surface area contributed by atoms with Gasteiger partial charge in [-0.1, -0.05) is 0 Å². The first-order valence-electron chi connectivity index (χ1n) is 10.4. The van der Waals surface area contributed by atoms with Crippen molar-refractivity contribution in [3.63, 3.8) is 0 Å². The van der Waals surface area contributed by atoms with Crippen molar-refractivity contribution in [3.8, 4) is 0 Å². The fourth-order valence-corrected chi connectivity index (χ4v) is 3.35. The van der Waals surface area contributed by atoms with Gasteiger partial charge in [-0.05, 0) is 59.3 Å². The second-order valence-electron chi connectivity index (χ2n) is 7.69. The number of aliphatic imine (C=N–C) groups is 1. The molecular formula is C20H42N4O2. The molecular weight excluding hydrogens is 328 g/mol. The van der Waals surface area contributed by atoms with Gasteiger partial charge in [-0.15, -0.1) is 0 Å². The molecule has 1 aliphatic heterocycles. The average molecular weight is 371 g/mol. The third kappa shape index (κ3) is 10.3. The first kappa shape index (κ1) is 23.2. The molecule has 0 aromatic rings. The molecule has 1 heterocycles. The Labute approximate surface area is 161 Å². The van der Waals surface area contributed by atoms with E-state index in [-0.39, 0.29) is 0 Å². The van der Waals surface area contributed by atoms with Gasteiger partial charge < -0.3 is 20.1 Å². The number of hydrogen-bond donors (Lipinski definition) is 2. The molecule has 154 valence electrons. The lowest BCUT2D eigenvalue weighted by molar-refractivity contribution is 0.0203. The lowest BCUT2D eigenvalue weighted by atomic mass is 10.0. The Hall–Kier alpha value is -0.850. The minimum Gasteiger partial charge on any atom is -0.381 e. The van der Waals surface area contributed by atoms with Crippen LogP contribution in [0.4, 0.5) is 0 Å². The molecule has 0 atom stereocenters. The SMILES string of the molecule is CN=C(NCCCOCC1CCOCC1)NCCCN(C(C)C)C(C)C. The highest BCUT2D eigenvalue weighted by Gasteiger charge is 2.13. The van der Waals surface area contributed by atoms with E-state index >= 15 is 0 Å². The number of hydrogen-bond acceptors (Lipinski definition) is 4. The van der Waals surface area contributed by atoms with E-state index in [2.05, 4.69) is 48.2 Å². The zero-order valence-electron chi connectivity index (χ0n) is 17.7. The van der Waals surface area contributed by atoms with Crippen molar-refractivity contribution in [3.05, 3.63) is 0 Å². The van der Waals surface area contributed by atoms with Gasteiger partial charge in [0.2, 0.25) is 0 Å². The predicted molar refractivity (Wildman–Crippen MR) is 110 cm³/mol. The quantitative estimate of drug-likeness (QED) is 0.314. The molecule has 1 aliphatic rings. The molecule has 1 saturated heterocycles. The minimum absolute atomic E-state index is 0.591. The zero-order valence-corrected chi connectivity index (χ0v) is 17.7. The third-order valence-corrected chi connectivity index (χ3v) is 4.89. The summed E-state index contributed by atoms with van der Waals surface area (Å²) in [6, 6.07) is 1.18. The molecule has 0 spiro atoms. The van der Waals surface area contributed by atoms with Crippen molar-refractivity contribution < 1.29 is 9.47 Å². The topological polar surface area (TPSA) is 58.1 Å². The van der Waals surface area contributed by atoms with Crippen LogP contribution in [0.25, 0.3) is 0 Å². The van der Waals surface area contributed by atoms with Crippen LogP contribution in [0.3, 0.4) is 0 Å². The van der Waals surface area contributed by atoms with Gasteiger partial charge in [-0.3, -0.25) is 9.89 Å². The fraction of sp³-hybridized carbons (Fsp3) is 0.950. The molecule has 0 bridgehead atoms. The monoisotopic (exact) mass is 370 g/mol. The first-order chi connectivity index (χ1) is 12.5. The van der Waals surface area contributed by atoms with Crippen LogP contribution in [0.1, 0.15) is 53.4 Å². The van der Waals surface area contributed by atoms with Crippen LogP contribution >= 0.6 is 0 Å². The van der Waals surface area contributed by atoms with Gasteiger partial charge in [0.15, 0.2) is 5.96 Å². The normalized spacial score (nSPS) is 16.7. The van der Waals surface area contributed by atoms with Crippen LogP contribution in [0.15, 0.2) is 4.99 Å². The number of rotatable bonds is 12. The Morgan fingerprint density at radius 3 is 2.27 bits per heavy atom. The standard InChI is InChI=1S/C20H42N4O2/c1-17(2)24(18(3)4)12-6-10-22-20(21-5)23-11-7-13-26-16-19-8-14-25-15-9-19/h17-19H,6-16H2,1-5H3,(H2,21,22,23). The molecule has 0 amide bonds. The van der Waals surface area contributed by atoms with E-state index < -0.39 is 0 Å². The lowest BCUT2D eigenvalue weighted by Crippen LogP contribution is -2.41. The van der Waals surface area contributed by atoms with Gasteiger partial charge in [-0.25, -0.2) is 0 Å². The van der Waals surface area contributed by atoms with E-state index in [0.29, 0.717) is 18.0 Å². The Balaban J connectivity index is 2.02. The van der Waals surface area contributed by atoms with E-state index in [1.54, 1.807) is 0 Å². The number of nitrogens with one attached hydrogen (secondary N) is 2.